The van der Waals surface area contributed by atoms with Gasteiger partial charge in [0, 0.05) is 48.7 Å². The Balaban J connectivity index is 1.76. The van der Waals surface area contributed by atoms with Gasteiger partial charge in [0.25, 0.3) is 0 Å². The number of halogens is 1. The maximum absolute atomic E-state index is 14.9. The largest absolute Gasteiger partial charge is 0.491 e. The summed E-state index contributed by atoms with van der Waals surface area (Å²) < 4.78 is 20.7. The lowest BCUT2D eigenvalue weighted by molar-refractivity contribution is -0.134. The van der Waals surface area contributed by atoms with Crippen molar-refractivity contribution in [2.45, 2.75) is 44.2 Å². The van der Waals surface area contributed by atoms with Crippen LogP contribution in [0.2, 0.25) is 0 Å². The normalized spacial score (nSPS) is 29.0. The first-order valence-corrected chi connectivity index (χ1v) is 8.31. The molecule has 3 atom stereocenters. The highest BCUT2D eigenvalue weighted by Crippen LogP contribution is 2.45. The van der Waals surface area contributed by atoms with E-state index in [1.807, 2.05) is 11.8 Å². The highest BCUT2D eigenvalue weighted by Gasteiger charge is 2.39. The van der Waals surface area contributed by atoms with Gasteiger partial charge in [-0.1, -0.05) is 0 Å². The van der Waals surface area contributed by atoms with Crippen molar-refractivity contribution in [3.8, 4) is 5.75 Å². The van der Waals surface area contributed by atoms with Crippen molar-refractivity contribution in [2.75, 3.05) is 18.1 Å². The minimum absolute atomic E-state index is 0.0694. The number of rotatable bonds is 2. The van der Waals surface area contributed by atoms with Gasteiger partial charge in [-0.2, -0.15) is 0 Å². The van der Waals surface area contributed by atoms with E-state index in [1.54, 1.807) is 0 Å². The number of nitrogens with zero attached hydrogens (tertiary/aromatic N) is 1. The van der Waals surface area contributed by atoms with Gasteiger partial charge >= 0.3 is 0 Å². The molecule has 3 aliphatic heterocycles. The molecular formula is C17H20FN3O3. The molecule has 0 radical (unpaired) electrons. The van der Waals surface area contributed by atoms with Gasteiger partial charge in [-0.3, -0.25) is 14.9 Å². The van der Waals surface area contributed by atoms with Gasteiger partial charge in [0.2, 0.25) is 11.8 Å². The molecule has 2 amide bonds. The number of nitrogens with two attached hydrogens (primary N) is 1. The summed E-state index contributed by atoms with van der Waals surface area (Å²) in [6, 6.07) is 1.64. The summed E-state index contributed by atoms with van der Waals surface area (Å²) in [4.78, 5) is 25.6. The average Bonchev–Trinajstić information content (AvgIpc) is 3.02. The number of amides is 2. The van der Waals surface area contributed by atoms with Crippen molar-refractivity contribution in [1.29, 1.82) is 0 Å². The predicted octanol–water partition coefficient (Wildman–Crippen LogP) is 0.817. The topological polar surface area (TPSA) is 84.7 Å². The van der Waals surface area contributed by atoms with Crippen molar-refractivity contribution in [1.82, 2.24) is 5.32 Å². The number of fused-ring (bicyclic) bond motifs is 1. The predicted molar refractivity (Wildman–Crippen MR) is 85.5 cm³/mol. The average molecular weight is 333 g/mol. The van der Waals surface area contributed by atoms with Gasteiger partial charge in [-0.05, 0) is 13.3 Å². The SMILES string of the molecule is C[C@@H]1[C@H](N)CN1c1cc(F)c(C2CCC(=O)NC2=O)c2c1OCC2. The minimum Gasteiger partial charge on any atom is -0.491 e. The lowest BCUT2D eigenvalue weighted by atomic mass is 9.85. The van der Waals surface area contributed by atoms with Crippen LogP contribution in [-0.2, 0) is 16.0 Å². The number of benzene rings is 1. The summed E-state index contributed by atoms with van der Waals surface area (Å²) in [6.07, 6.45) is 1.13. The number of carbonyl (C=O) groups is 2. The molecular weight excluding hydrogens is 313 g/mol. The summed E-state index contributed by atoms with van der Waals surface area (Å²) in [7, 11) is 0. The Morgan fingerprint density at radius 2 is 2.17 bits per heavy atom. The second kappa shape index (κ2) is 5.44. The van der Waals surface area contributed by atoms with Crippen LogP contribution in [0.15, 0.2) is 6.07 Å². The molecule has 1 unspecified atom stereocenters. The zero-order chi connectivity index (χ0) is 17.0. The van der Waals surface area contributed by atoms with Gasteiger partial charge in [-0.15, -0.1) is 0 Å². The van der Waals surface area contributed by atoms with E-state index < -0.39 is 17.6 Å². The molecule has 24 heavy (non-hydrogen) atoms. The fraction of sp³-hybridized carbons (Fsp3) is 0.529. The van der Waals surface area contributed by atoms with Crippen LogP contribution in [0.5, 0.6) is 5.75 Å². The first-order chi connectivity index (χ1) is 11.5. The Labute approximate surface area is 139 Å². The van der Waals surface area contributed by atoms with Crippen LogP contribution in [0.4, 0.5) is 10.1 Å². The third kappa shape index (κ3) is 2.18. The number of ether oxygens (including phenoxy) is 1. The first-order valence-electron chi connectivity index (χ1n) is 8.31. The third-order valence-corrected chi connectivity index (χ3v) is 5.37. The van der Waals surface area contributed by atoms with Crippen molar-refractivity contribution >= 4 is 17.5 Å². The van der Waals surface area contributed by atoms with E-state index in [1.165, 1.54) is 6.07 Å². The summed E-state index contributed by atoms with van der Waals surface area (Å²) >= 11 is 0. The third-order valence-electron chi connectivity index (χ3n) is 5.37. The first kappa shape index (κ1) is 15.4. The molecule has 1 aromatic carbocycles. The number of anilines is 1. The Morgan fingerprint density at radius 1 is 1.38 bits per heavy atom. The summed E-state index contributed by atoms with van der Waals surface area (Å²) in [5.74, 6) is -1.11. The van der Waals surface area contributed by atoms with E-state index in [9.17, 15) is 14.0 Å². The molecule has 128 valence electrons. The molecule has 6 nitrogen and oxygen atoms in total. The summed E-state index contributed by atoms with van der Waals surface area (Å²) in [6.45, 7) is 3.13. The molecule has 3 heterocycles. The standard InChI is InChI=1S/C17H20FN3O3/c1-8-12(19)7-21(8)13-6-11(18)15(9-4-5-24-16(9)13)10-2-3-14(22)20-17(10)23/h6,8,10,12H,2-5,7,19H2,1H3,(H,20,22,23)/t8-,10?,12-/m1/s1. The molecule has 0 aromatic heterocycles. The van der Waals surface area contributed by atoms with E-state index in [-0.39, 0.29) is 24.4 Å². The molecule has 2 fully saturated rings. The van der Waals surface area contributed by atoms with Crippen molar-refractivity contribution in [2.24, 2.45) is 5.73 Å². The lowest BCUT2D eigenvalue weighted by Gasteiger charge is -2.46. The van der Waals surface area contributed by atoms with Crippen LogP contribution in [0.3, 0.4) is 0 Å². The summed E-state index contributed by atoms with van der Waals surface area (Å²) in [5.41, 5.74) is 7.80. The second-order valence-electron chi connectivity index (χ2n) is 6.76. The van der Waals surface area contributed by atoms with Crippen molar-refractivity contribution in [3.05, 3.63) is 23.0 Å². The van der Waals surface area contributed by atoms with E-state index in [4.69, 9.17) is 10.5 Å². The van der Waals surface area contributed by atoms with E-state index in [2.05, 4.69) is 5.32 Å². The molecule has 0 saturated carbocycles. The molecule has 0 spiro atoms. The van der Waals surface area contributed by atoms with E-state index >= 15 is 0 Å². The maximum Gasteiger partial charge on any atom is 0.234 e. The van der Waals surface area contributed by atoms with Crippen LogP contribution < -0.4 is 20.7 Å². The minimum atomic E-state index is -0.636. The lowest BCUT2D eigenvalue weighted by Crippen LogP contribution is -2.63. The molecule has 7 heteroatoms. The molecule has 2 saturated heterocycles. The van der Waals surface area contributed by atoms with Crippen LogP contribution in [0.1, 0.15) is 36.8 Å². The number of hydrogen-bond donors (Lipinski definition) is 2. The Hall–Kier alpha value is -2.15. The van der Waals surface area contributed by atoms with Crippen LogP contribution in [-0.4, -0.2) is 37.0 Å². The number of piperidine rings is 1. The molecule has 4 rings (SSSR count). The quantitative estimate of drug-likeness (QED) is 0.783. The fourth-order valence-corrected chi connectivity index (χ4v) is 3.86. The molecule has 0 bridgehead atoms. The maximum atomic E-state index is 14.9. The highest BCUT2D eigenvalue weighted by atomic mass is 19.1. The molecule has 3 N–H and O–H groups in total. The highest BCUT2D eigenvalue weighted by molar-refractivity contribution is 6.01. The van der Waals surface area contributed by atoms with E-state index in [0.717, 1.165) is 5.56 Å². The number of carbonyl (C=O) groups excluding carboxylic acids is 2. The second-order valence-corrected chi connectivity index (χ2v) is 6.76. The number of imide groups is 1. The van der Waals surface area contributed by atoms with Gasteiger partial charge in [0.05, 0.1) is 18.2 Å². The number of hydrogen-bond acceptors (Lipinski definition) is 5. The Bertz CT molecular complexity index is 736. The summed E-state index contributed by atoms with van der Waals surface area (Å²) in [5, 5.41) is 2.31. The van der Waals surface area contributed by atoms with Crippen LogP contribution >= 0.6 is 0 Å². The van der Waals surface area contributed by atoms with Gasteiger partial charge in [0.1, 0.15) is 11.6 Å². The van der Waals surface area contributed by atoms with Gasteiger partial charge < -0.3 is 15.4 Å². The van der Waals surface area contributed by atoms with Crippen molar-refractivity contribution in [3.63, 3.8) is 0 Å². The number of nitrogens with one attached hydrogen (secondary N) is 1. The Kier molecular flexibility index (Phi) is 3.49. The monoisotopic (exact) mass is 333 g/mol. The molecule has 3 aliphatic rings. The van der Waals surface area contributed by atoms with Crippen LogP contribution in [0, 0.1) is 5.82 Å². The Morgan fingerprint density at radius 3 is 2.83 bits per heavy atom. The molecule has 1 aromatic rings. The zero-order valence-corrected chi connectivity index (χ0v) is 13.5. The van der Waals surface area contributed by atoms with Gasteiger partial charge in [0.15, 0.2) is 0 Å². The zero-order valence-electron chi connectivity index (χ0n) is 13.5. The smallest absolute Gasteiger partial charge is 0.234 e. The fourth-order valence-electron chi connectivity index (χ4n) is 3.86. The van der Waals surface area contributed by atoms with E-state index in [0.29, 0.717) is 43.0 Å². The molecule has 0 aliphatic carbocycles. The van der Waals surface area contributed by atoms with Gasteiger partial charge in [-0.25, -0.2) is 4.39 Å². The van der Waals surface area contributed by atoms with Crippen molar-refractivity contribution < 1.29 is 18.7 Å². The van der Waals surface area contributed by atoms with Crippen LogP contribution in [0.25, 0.3) is 0 Å².